The van der Waals surface area contributed by atoms with Crippen LogP contribution in [0.15, 0.2) is 24.3 Å². The Morgan fingerprint density at radius 2 is 1.61 bits per heavy atom. The molecule has 0 spiro atoms. The molecule has 0 aromatic heterocycles. The summed E-state index contributed by atoms with van der Waals surface area (Å²) in [5.74, 6) is -1.32. The van der Waals surface area contributed by atoms with Gasteiger partial charge in [0.25, 0.3) is 0 Å². The second-order valence-corrected chi connectivity index (χ2v) is 5.94. The quantitative estimate of drug-likeness (QED) is 0.204. The van der Waals surface area contributed by atoms with E-state index in [-0.39, 0.29) is 12.6 Å². The second-order valence-electron chi connectivity index (χ2n) is 5.94. The molecule has 0 aromatic rings. The van der Waals surface area contributed by atoms with Crippen molar-refractivity contribution in [3.05, 3.63) is 24.3 Å². The Balaban J connectivity index is 4.96. The first-order valence-electron chi connectivity index (χ1n) is 9.32. The van der Waals surface area contributed by atoms with E-state index in [0.29, 0.717) is 25.9 Å². The van der Waals surface area contributed by atoms with Gasteiger partial charge < -0.3 is 24.1 Å². The molecule has 0 amide bonds. The van der Waals surface area contributed by atoms with Crippen LogP contribution in [0.3, 0.4) is 0 Å². The first kappa shape index (κ1) is 25.8. The highest BCUT2D eigenvalue weighted by molar-refractivity contribution is 5.69. The maximum atomic E-state index is 11.5. The third-order valence-corrected chi connectivity index (χ3v) is 3.59. The van der Waals surface area contributed by atoms with E-state index in [9.17, 15) is 14.4 Å². The van der Waals surface area contributed by atoms with Crippen LogP contribution in [-0.2, 0) is 33.3 Å². The summed E-state index contributed by atoms with van der Waals surface area (Å²) in [6.45, 7) is 4.38. The van der Waals surface area contributed by atoms with Crippen LogP contribution in [0.25, 0.3) is 0 Å². The minimum Gasteiger partial charge on any atom is -0.466 e. The van der Waals surface area contributed by atoms with E-state index in [1.165, 1.54) is 33.1 Å². The normalized spacial score (nSPS) is 14.6. The minimum atomic E-state index is -0.912. The SMILES string of the molecule is CCOC(=O)CCCC/C=C/[C@H](OC)[C@@H](OC(C)=O)[C@H](/C=C/CO)OC(C)=O. The number of aliphatic hydroxyl groups is 1. The molecule has 0 aliphatic rings. The van der Waals surface area contributed by atoms with Crippen molar-refractivity contribution in [1.82, 2.24) is 0 Å². The number of carbonyl (C=O) groups excluding carboxylic acids is 3. The Kier molecular flexibility index (Phi) is 14.6. The lowest BCUT2D eigenvalue weighted by Gasteiger charge is -2.28. The number of carbonyl (C=O) groups is 3. The van der Waals surface area contributed by atoms with Crippen LogP contribution < -0.4 is 0 Å². The van der Waals surface area contributed by atoms with E-state index in [1.807, 2.05) is 6.08 Å². The summed E-state index contributed by atoms with van der Waals surface area (Å²) in [5.41, 5.74) is 0. The molecule has 0 radical (unpaired) electrons. The van der Waals surface area contributed by atoms with Gasteiger partial charge in [-0.15, -0.1) is 0 Å². The summed E-state index contributed by atoms with van der Waals surface area (Å²) in [4.78, 5) is 34.2. The number of aliphatic hydroxyl groups excluding tert-OH is 1. The molecule has 0 aliphatic heterocycles. The Hall–Kier alpha value is -2.19. The fourth-order valence-corrected chi connectivity index (χ4v) is 2.43. The average molecular weight is 400 g/mol. The molecule has 0 aromatic carbocycles. The monoisotopic (exact) mass is 400 g/mol. The van der Waals surface area contributed by atoms with Crippen LogP contribution in [0.4, 0.5) is 0 Å². The van der Waals surface area contributed by atoms with Crippen molar-refractivity contribution in [2.24, 2.45) is 0 Å². The molecule has 1 N–H and O–H groups in total. The van der Waals surface area contributed by atoms with Crippen molar-refractivity contribution in [1.29, 1.82) is 0 Å². The van der Waals surface area contributed by atoms with E-state index in [0.717, 1.165) is 6.42 Å². The average Bonchev–Trinajstić information content (AvgIpc) is 2.63. The van der Waals surface area contributed by atoms with Crippen LogP contribution in [0, 0.1) is 0 Å². The van der Waals surface area contributed by atoms with Crippen molar-refractivity contribution in [2.45, 2.75) is 64.8 Å². The molecule has 8 heteroatoms. The van der Waals surface area contributed by atoms with Gasteiger partial charge in [-0.1, -0.05) is 18.2 Å². The molecule has 0 unspecified atom stereocenters. The third kappa shape index (κ3) is 12.2. The van der Waals surface area contributed by atoms with Crippen LogP contribution in [0.2, 0.25) is 0 Å². The highest BCUT2D eigenvalue weighted by Gasteiger charge is 2.32. The van der Waals surface area contributed by atoms with Gasteiger partial charge in [0.05, 0.1) is 13.2 Å². The van der Waals surface area contributed by atoms with Gasteiger partial charge >= 0.3 is 17.9 Å². The van der Waals surface area contributed by atoms with E-state index < -0.39 is 30.3 Å². The first-order valence-corrected chi connectivity index (χ1v) is 9.32. The molecule has 0 fully saturated rings. The minimum absolute atomic E-state index is 0.212. The van der Waals surface area contributed by atoms with E-state index in [4.69, 9.17) is 24.1 Å². The van der Waals surface area contributed by atoms with Gasteiger partial charge in [0, 0.05) is 27.4 Å². The van der Waals surface area contributed by atoms with Crippen molar-refractivity contribution in [3.8, 4) is 0 Å². The fourth-order valence-electron chi connectivity index (χ4n) is 2.43. The highest BCUT2D eigenvalue weighted by Crippen LogP contribution is 2.16. The van der Waals surface area contributed by atoms with Crippen LogP contribution in [-0.4, -0.2) is 61.6 Å². The smallest absolute Gasteiger partial charge is 0.305 e. The maximum Gasteiger partial charge on any atom is 0.305 e. The van der Waals surface area contributed by atoms with Crippen LogP contribution in [0.1, 0.15) is 46.5 Å². The molecule has 0 aliphatic carbocycles. The molecule has 160 valence electrons. The lowest BCUT2D eigenvalue weighted by atomic mass is 10.0. The summed E-state index contributed by atoms with van der Waals surface area (Å²) in [5, 5.41) is 8.99. The third-order valence-electron chi connectivity index (χ3n) is 3.59. The molecule has 0 bridgehead atoms. The fraction of sp³-hybridized carbons (Fsp3) is 0.650. The van der Waals surface area contributed by atoms with E-state index in [2.05, 4.69) is 0 Å². The largest absolute Gasteiger partial charge is 0.466 e. The number of allylic oxidation sites excluding steroid dienone is 1. The highest BCUT2D eigenvalue weighted by atomic mass is 16.6. The summed E-state index contributed by atoms with van der Waals surface area (Å²) >= 11 is 0. The topological polar surface area (TPSA) is 108 Å². The second kappa shape index (κ2) is 15.8. The molecule has 0 saturated heterocycles. The number of rotatable bonds is 14. The number of hydrogen-bond acceptors (Lipinski definition) is 8. The van der Waals surface area contributed by atoms with Crippen molar-refractivity contribution in [3.63, 3.8) is 0 Å². The summed E-state index contributed by atoms with van der Waals surface area (Å²) < 4.78 is 20.8. The standard InChI is InChI=1S/C20H32O8/c1-5-26-19(24)13-9-7-6-8-11-17(25-4)20(28-16(3)23)18(12-10-14-21)27-15(2)22/h8,10-12,17-18,20-21H,5-7,9,13-14H2,1-4H3/b11-8+,12-10+/t17-,18-,20+/m0/s1. The molecule has 8 nitrogen and oxygen atoms in total. The zero-order chi connectivity index (χ0) is 21.4. The van der Waals surface area contributed by atoms with Crippen LogP contribution >= 0.6 is 0 Å². The Bertz CT molecular complexity index is 526. The molecule has 28 heavy (non-hydrogen) atoms. The Labute approximate surface area is 166 Å². The van der Waals surface area contributed by atoms with Crippen LogP contribution in [0.5, 0.6) is 0 Å². The predicted octanol–water partition coefficient (Wildman–Crippen LogP) is 2.09. The maximum absolute atomic E-state index is 11.5. The summed E-state index contributed by atoms with van der Waals surface area (Å²) in [6.07, 6.45) is 6.48. The predicted molar refractivity (Wildman–Crippen MR) is 102 cm³/mol. The zero-order valence-corrected chi connectivity index (χ0v) is 17.1. The van der Waals surface area contributed by atoms with Crippen molar-refractivity contribution in [2.75, 3.05) is 20.3 Å². The molecule has 0 rings (SSSR count). The molecular formula is C20H32O8. The van der Waals surface area contributed by atoms with Crippen molar-refractivity contribution >= 4 is 17.9 Å². The zero-order valence-electron chi connectivity index (χ0n) is 17.1. The summed E-state index contributed by atoms with van der Waals surface area (Å²) in [7, 11) is 1.45. The van der Waals surface area contributed by atoms with Gasteiger partial charge in [0.2, 0.25) is 0 Å². The van der Waals surface area contributed by atoms with Gasteiger partial charge in [-0.05, 0) is 32.3 Å². The van der Waals surface area contributed by atoms with Gasteiger partial charge in [0.15, 0.2) is 12.2 Å². The Morgan fingerprint density at radius 1 is 0.964 bits per heavy atom. The van der Waals surface area contributed by atoms with Gasteiger partial charge in [-0.3, -0.25) is 14.4 Å². The molecule has 0 heterocycles. The molecule has 0 saturated carbocycles. The number of unbranched alkanes of at least 4 members (excludes halogenated alkanes) is 2. The number of ether oxygens (including phenoxy) is 4. The molecular weight excluding hydrogens is 368 g/mol. The van der Waals surface area contributed by atoms with Gasteiger partial charge in [0.1, 0.15) is 6.10 Å². The van der Waals surface area contributed by atoms with Crippen molar-refractivity contribution < 1.29 is 38.4 Å². The van der Waals surface area contributed by atoms with Gasteiger partial charge in [-0.2, -0.15) is 0 Å². The first-order chi connectivity index (χ1) is 13.3. The Morgan fingerprint density at radius 3 is 2.14 bits per heavy atom. The molecule has 3 atom stereocenters. The number of hydrogen-bond donors (Lipinski definition) is 1. The number of esters is 3. The van der Waals surface area contributed by atoms with E-state index in [1.54, 1.807) is 13.0 Å². The summed E-state index contributed by atoms with van der Waals surface area (Å²) in [6, 6.07) is 0. The van der Waals surface area contributed by atoms with E-state index >= 15 is 0 Å². The van der Waals surface area contributed by atoms with Gasteiger partial charge in [-0.25, -0.2) is 0 Å². The lowest BCUT2D eigenvalue weighted by molar-refractivity contribution is -0.169. The number of methoxy groups -OCH3 is 1. The lowest BCUT2D eigenvalue weighted by Crippen LogP contribution is -2.42.